The number of carbonyl (C=O) groups excluding carboxylic acids is 4. The molecular formula is C43H28F2O4S4. The number of ketones is 3. The van der Waals surface area contributed by atoms with E-state index >= 15 is 0 Å². The van der Waals surface area contributed by atoms with Crippen LogP contribution in [0.4, 0.5) is 8.78 Å². The maximum absolute atomic E-state index is 13.8. The molecule has 0 bridgehead atoms. The van der Waals surface area contributed by atoms with Crippen LogP contribution in [-0.2, 0) is 10.2 Å². The largest absolute Gasteiger partial charge is 0.298 e. The average Bonchev–Trinajstić information content (AvgIpc) is 4.00. The first-order valence-electron chi connectivity index (χ1n) is 17.2. The number of allylic oxidation sites excluding steroid dienone is 2. The third-order valence-electron chi connectivity index (χ3n) is 10.5. The van der Waals surface area contributed by atoms with Gasteiger partial charge >= 0.3 is 0 Å². The van der Waals surface area contributed by atoms with Gasteiger partial charge in [-0.3, -0.25) is 19.2 Å². The molecule has 9 rings (SSSR count). The van der Waals surface area contributed by atoms with Crippen molar-refractivity contribution < 1.29 is 28.0 Å². The second-order valence-corrected chi connectivity index (χ2v) is 18.0. The van der Waals surface area contributed by atoms with E-state index in [2.05, 4.69) is 12.1 Å². The summed E-state index contributed by atoms with van der Waals surface area (Å²) in [4.78, 5) is 59.8. The molecule has 3 aliphatic carbocycles. The van der Waals surface area contributed by atoms with E-state index in [1.807, 2.05) is 24.3 Å². The number of carbonyl (C=O) groups is 4. The number of Topliss-reactive ketones (excluding diaryl/α,β-unsaturated/α-hetero) is 3. The maximum Gasteiger partial charge on any atom is 0.197 e. The van der Waals surface area contributed by atoms with E-state index in [0.717, 1.165) is 61.0 Å². The zero-order valence-corrected chi connectivity index (χ0v) is 31.5. The summed E-state index contributed by atoms with van der Waals surface area (Å²) in [6.45, 7) is 1.66. The van der Waals surface area contributed by atoms with Gasteiger partial charge in [-0.1, -0.05) is 19.3 Å². The summed E-state index contributed by atoms with van der Waals surface area (Å²) in [6, 6.07) is 20.3. The third-order valence-corrected chi connectivity index (χ3v) is 15.4. The van der Waals surface area contributed by atoms with Gasteiger partial charge in [-0.15, -0.1) is 45.3 Å². The zero-order chi connectivity index (χ0) is 36.6. The second-order valence-electron chi connectivity index (χ2n) is 13.7. The molecule has 1 saturated carbocycles. The molecule has 1 fully saturated rings. The quantitative estimate of drug-likeness (QED) is 0.0532. The maximum atomic E-state index is 13.8. The summed E-state index contributed by atoms with van der Waals surface area (Å²) in [7, 11) is 0. The van der Waals surface area contributed by atoms with Crippen LogP contribution in [0.3, 0.4) is 0 Å². The van der Waals surface area contributed by atoms with Gasteiger partial charge in [0.25, 0.3) is 0 Å². The molecule has 262 valence electrons. The minimum atomic E-state index is -0.541. The topological polar surface area (TPSA) is 68.3 Å². The third kappa shape index (κ3) is 5.62. The number of benzene rings is 2. The van der Waals surface area contributed by atoms with Crippen molar-refractivity contribution in [2.45, 2.75) is 44.4 Å². The van der Waals surface area contributed by atoms with Gasteiger partial charge in [0, 0.05) is 61.1 Å². The number of fused-ring (bicyclic) bond motifs is 6. The van der Waals surface area contributed by atoms with Crippen molar-refractivity contribution in [3.05, 3.63) is 139 Å². The molecule has 6 aromatic rings. The molecular weight excluding hydrogens is 747 g/mol. The molecule has 0 atom stereocenters. The Morgan fingerprint density at radius 2 is 1.28 bits per heavy atom. The van der Waals surface area contributed by atoms with Gasteiger partial charge in [-0.05, 0) is 121 Å². The van der Waals surface area contributed by atoms with Gasteiger partial charge in [0.1, 0.15) is 11.6 Å². The summed E-state index contributed by atoms with van der Waals surface area (Å²) < 4.78 is 27.5. The van der Waals surface area contributed by atoms with Crippen LogP contribution in [0.25, 0.3) is 41.4 Å². The summed E-state index contributed by atoms with van der Waals surface area (Å²) >= 11 is 6.63. The first-order valence-corrected chi connectivity index (χ1v) is 20.5. The summed E-state index contributed by atoms with van der Waals surface area (Å²) in [5.74, 6) is -2.22. The first kappa shape index (κ1) is 34.1. The fourth-order valence-electron chi connectivity index (χ4n) is 7.95. The molecule has 0 aliphatic heterocycles. The highest BCUT2D eigenvalue weighted by molar-refractivity contribution is 7.29. The van der Waals surface area contributed by atoms with Crippen molar-refractivity contribution >= 4 is 81.1 Å². The number of aryl methyl sites for hydroxylation is 1. The van der Waals surface area contributed by atoms with Crippen LogP contribution in [0.1, 0.15) is 89.6 Å². The molecule has 0 radical (unpaired) electrons. The van der Waals surface area contributed by atoms with Crippen molar-refractivity contribution in [1.29, 1.82) is 0 Å². The van der Waals surface area contributed by atoms with Crippen LogP contribution >= 0.6 is 45.3 Å². The molecule has 0 unspecified atom stereocenters. The fraction of sp³-hybridized carbons (Fsp3) is 0.163. The number of hydrogen-bond donors (Lipinski definition) is 0. The lowest BCUT2D eigenvalue weighted by atomic mass is 9.68. The molecule has 0 saturated heterocycles. The van der Waals surface area contributed by atoms with Crippen LogP contribution in [0, 0.1) is 18.6 Å². The highest BCUT2D eigenvalue weighted by atomic mass is 32.1. The standard InChI is InChI=1S/C43H28F2O4S4/c1-22-15-24(44)5-9-28(22)38(47)23(21-46)16-26-7-11-34(50-26)36-19-32-41(52-36)42-33(43(32)13-3-2-4-14-43)20-37(53-42)35-12-8-27(51-35)18-31-39(48)29-10-6-25(45)17-30(29)40(31)49/h5-12,15-21H,2-4,13-14H2,1H3/b23-16-,31-18+. The van der Waals surface area contributed by atoms with Crippen molar-refractivity contribution in [2.24, 2.45) is 0 Å². The Balaban J connectivity index is 1.03. The summed E-state index contributed by atoms with van der Waals surface area (Å²) in [5, 5.41) is 0. The molecule has 4 nitrogen and oxygen atoms in total. The Bertz CT molecular complexity index is 2620. The monoisotopic (exact) mass is 774 g/mol. The number of thiophene rings is 4. The Labute approximate surface area is 319 Å². The molecule has 0 amide bonds. The highest BCUT2D eigenvalue weighted by Crippen LogP contribution is 2.63. The van der Waals surface area contributed by atoms with Gasteiger partial charge in [0.15, 0.2) is 23.6 Å². The number of aldehydes is 1. The molecule has 1 spiro atoms. The molecule has 53 heavy (non-hydrogen) atoms. The van der Waals surface area contributed by atoms with E-state index in [9.17, 15) is 28.0 Å². The lowest BCUT2D eigenvalue weighted by molar-refractivity contribution is -0.104. The van der Waals surface area contributed by atoms with Crippen LogP contribution in [0.15, 0.2) is 83.9 Å². The lowest BCUT2D eigenvalue weighted by Gasteiger charge is -2.34. The van der Waals surface area contributed by atoms with E-state index in [1.165, 1.54) is 80.3 Å². The number of rotatable bonds is 7. The number of halogens is 2. The molecule has 3 aliphatic rings. The van der Waals surface area contributed by atoms with E-state index in [-0.39, 0.29) is 33.5 Å². The van der Waals surface area contributed by atoms with Gasteiger partial charge in [0.2, 0.25) is 0 Å². The second kappa shape index (κ2) is 13.0. The fourth-order valence-corrected chi connectivity index (χ4v) is 12.7. The van der Waals surface area contributed by atoms with E-state index in [4.69, 9.17) is 0 Å². The Kier molecular flexibility index (Phi) is 8.34. The van der Waals surface area contributed by atoms with E-state index < -0.39 is 23.2 Å². The molecule has 10 heteroatoms. The van der Waals surface area contributed by atoms with Crippen molar-refractivity contribution in [3.63, 3.8) is 0 Å². The molecule has 4 aromatic heterocycles. The SMILES string of the molecule is Cc1cc(F)ccc1C(=O)/C(C=O)=C\c1ccc(-c2cc3c(s2)-c2sc(-c4ccc(/C=C5\C(=O)c6ccc(F)cc6C5=O)s4)cc2C32CCCCC2)s1. The minimum Gasteiger partial charge on any atom is -0.298 e. The van der Waals surface area contributed by atoms with Crippen molar-refractivity contribution in [2.75, 3.05) is 0 Å². The molecule has 0 N–H and O–H groups in total. The molecule has 2 aromatic carbocycles. The van der Waals surface area contributed by atoms with E-state index in [1.54, 1.807) is 41.7 Å². The van der Waals surface area contributed by atoms with Crippen LogP contribution in [-0.4, -0.2) is 23.6 Å². The van der Waals surface area contributed by atoms with Gasteiger partial charge < -0.3 is 0 Å². The van der Waals surface area contributed by atoms with Crippen LogP contribution in [0.2, 0.25) is 0 Å². The number of hydrogen-bond acceptors (Lipinski definition) is 8. The van der Waals surface area contributed by atoms with Crippen molar-refractivity contribution in [1.82, 2.24) is 0 Å². The Hall–Kier alpha value is -4.74. The first-order chi connectivity index (χ1) is 25.6. The summed E-state index contributed by atoms with van der Waals surface area (Å²) in [6.07, 6.45) is 9.50. The Morgan fingerprint density at radius 1 is 0.679 bits per heavy atom. The normalized spacial score (nSPS) is 16.7. The van der Waals surface area contributed by atoms with Crippen molar-refractivity contribution in [3.8, 4) is 29.3 Å². The Morgan fingerprint density at radius 3 is 1.94 bits per heavy atom. The average molecular weight is 775 g/mol. The minimum absolute atomic E-state index is 0.0218. The van der Waals surface area contributed by atoms with Gasteiger partial charge in [-0.2, -0.15) is 0 Å². The predicted molar refractivity (Wildman–Crippen MR) is 211 cm³/mol. The molecule has 4 heterocycles. The van der Waals surface area contributed by atoms with Crippen LogP contribution in [0.5, 0.6) is 0 Å². The highest BCUT2D eigenvalue weighted by Gasteiger charge is 2.47. The predicted octanol–water partition coefficient (Wildman–Crippen LogP) is 12.0. The van der Waals surface area contributed by atoms with E-state index in [0.29, 0.717) is 17.4 Å². The zero-order valence-electron chi connectivity index (χ0n) is 28.2. The van der Waals surface area contributed by atoms with Gasteiger partial charge in [-0.25, -0.2) is 8.78 Å². The van der Waals surface area contributed by atoms with Gasteiger partial charge in [0.05, 0.1) is 11.1 Å². The summed E-state index contributed by atoms with van der Waals surface area (Å²) in [5.41, 5.74) is 3.95. The smallest absolute Gasteiger partial charge is 0.197 e. The lowest BCUT2D eigenvalue weighted by Crippen LogP contribution is -2.27. The van der Waals surface area contributed by atoms with Crippen LogP contribution < -0.4 is 0 Å².